The predicted octanol–water partition coefficient (Wildman–Crippen LogP) is 2.84. The molecule has 0 saturated carbocycles. The summed E-state index contributed by atoms with van der Waals surface area (Å²) in [6.45, 7) is 1.05. The zero-order chi connectivity index (χ0) is 18.0. The number of carbonyl (C=O) groups excluding carboxylic acids is 1. The lowest BCUT2D eigenvalue weighted by Gasteiger charge is -2.25. The summed E-state index contributed by atoms with van der Waals surface area (Å²) in [6, 6.07) is 13.5. The Morgan fingerprint density at radius 2 is 1.96 bits per heavy atom. The third kappa shape index (κ3) is 4.06. The van der Waals surface area contributed by atoms with Crippen LogP contribution in [0.15, 0.2) is 48.5 Å². The third-order valence-corrected chi connectivity index (χ3v) is 4.47. The van der Waals surface area contributed by atoms with Crippen molar-refractivity contribution in [2.24, 2.45) is 0 Å². The van der Waals surface area contributed by atoms with E-state index >= 15 is 0 Å². The second kappa shape index (κ2) is 7.33. The quantitative estimate of drug-likeness (QED) is 0.929. The smallest absolute Gasteiger partial charge is 0.254 e. The van der Waals surface area contributed by atoms with Crippen LogP contribution in [0, 0.1) is 5.82 Å². The molecule has 1 saturated heterocycles. The van der Waals surface area contributed by atoms with E-state index < -0.39 is 6.10 Å². The number of hydrogen-bond donors (Lipinski definition) is 1. The van der Waals surface area contributed by atoms with Gasteiger partial charge >= 0.3 is 0 Å². The summed E-state index contributed by atoms with van der Waals surface area (Å²) in [5.74, 6) is -0.414. The van der Waals surface area contributed by atoms with E-state index in [1.807, 2.05) is 37.2 Å². The van der Waals surface area contributed by atoms with Crippen molar-refractivity contribution in [3.63, 3.8) is 0 Å². The maximum atomic E-state index is 13.2. The molecule has 1 fully saturated rings. The second-order valence-corrected chi connectivity index (χ2v) is 6.85. The van der Waals surface area contributed by atoms with Gasteiger partial charge in [0.1, 0.15) is 5.82 Å². The number of aliphatic hydroxyl groups excluding tert-OH is 1. The van der Waals surface area contributed by atoms with E-state index in [2.05, 4.69) is 0 Å². The first-order chi connectivity index (χ1) is 11.9. The van der Waals surface area contributed by atoms with E-state index in [9.17, 15) is 14.3 Å². The van der Waals surface area contributed by atoms with Crippen LogP contribution in [0.3, 0.4) is 0 Å². The molecule has 1 N–H and O–H groups in total. The van der Waals surface area contributed by atoms with Crippen molar-refractivity contribution in [1.82, 2.24) is 9.80 Å². The molecule has 4 nitrogen and oxygen atoms in total. The number of nitrogens with zero attached hydrogens (tertiary/aromatic N) is 2. The zero-order valence-corrected chi connectivity index (χ0v) is 14.5. The van der Waals surface area contributed by atoms with Crippen LogP contribution < -0.4 is 0 Å². The van der Waals surface area contributed by atoms with Gasteiger partial charge in [-0.15, -0.1) is 0 Å². The summed E-state index contributed by atoms with van der Waals surface area (Å²) in [6.07, 6.45) is -0.0988. The van der Waals surface area contributed by atoms with Gasteiger partial charge in [0.15, 0.2) is 0 Å². The molecule has 0 aliphatic carbocycles. The highest BCUT2D eigenvalue weighted by Gasteiger charge is 2.35. The molecule has 25 heavy (non-hydrogen) atoms. The third-order valence-electron chi connectivity index (χ3n) is 4.47. The maximum absolute atomic E-state index is 13.2. The van der Waals surface area contributed by atoms with Crippen LogP contribution in [-0.2, 0) is 6.54 Å². The average molecular weight is 342 g/mol. The van der Waals surface area contributed by atoms with Crippen molar-refractivity contribution in [3.8, 4) is 0 Å². The van der Waals surface area contributed by atoms with Crippen molar-refractivity contribution in [2.75, 3.05) is 20.6 Å². The van der Waals surface area contributed by atoms with Crippen molar-refractivity contribution in [1.29, 1.82) is 0 Å². The predicted molar refractivity (Wildman–Crippen MR) is 94.6 cm³/mol. The Labute approximate surface area is 147 Å². The van der Waals surface area contributed by atoms with Crippen LogP contribution in [0.4, 0.5) is 4.39 Å². The van der Waals surface area contributed by atoms with Gasteiger partial charge in [0.05, 0.1) is 12.1 Å². The van der Waals surface area contributed by atoms with Crippen LogP contribution in [0.1, 0.15) is 33.9 Å². The molecule has 5 heteroatoms. The highest BCUT2D eigenvalue weighted by Crippen LogP contribution is 2.33. The molecule has 2 atom stereocenters. The molecule has 132 valence electrons. The van der Waals surface area contributed by atoms with Crippen molar-refractivity contribution in [2.45, 2.75) is 25.1 Å². The molecule has 0 aromatic heterocycles. The lowest BCUT2D eigenvalue weighted by Crippen LogP contribution is -2.31. The molecule has 2 unspecified atom stereocenters. The van der Waals surface area contributed by atoms with Gasteiger partial charge in [-0.3, -0.25) is 4.79 Å². The number of carbonyl (C=O) groups is 1. The minimum Gasteiger partial charge on any atom is -0.391 e. The first-order valence-electron chi connectivity index (χ1n) is 8.42. The number of aliphatic hydroxyl groups is 1. The number of benzene rings is 2. The number of halogens is 1. The number of amides is 1. The van der Waals surface area contributed by atoms with Crippen LogP contribution >= 0.6 is 0 Å². The molecule has 1 amide bonds. The molecule has 1 heterocycles. The SMILES string of the molecule is CN(C)Cc1cccc(C(=O)N2CC(O)CC2c2ccc(F)cc2)c1. The highest BCUT2D eigenvalue weighted by molar-refractivity contribution is 5.95. The molecule has 1 aliphatic heterocycles. The topological polar surface area (TPSA) is 43.8 Å². The first kappa shape index (κ1) is 17.6. The lowest BCUT2D eigenvalue weighted by molar-refractivity contribution is 0.0715. The number of likely N-dealkylation sites (tertiary alicyclic amines) is 1. The fourth-order valence-corrected chi connectivity index (χ4v) is 3.37. The summed E-state index contributed by atoms with van der Waals surface area (Å²) in [7, 11) is 3.96. The van der Waals surface area contributed by atoms with Gasteiger partial charge < -0.3 is 14.9 Å². The monoisotopic (exact) mass is 342 g/mol. The minimum absolute atomic E-state index is 0.105. The van der Waals surface area contributed by atoms with Gasteiger partial charge in [0.2, 0.25) is 0 Å². The average Bonchev–Trinajstić information content (AvgIpc) is 2.96. The summed E-state index contributed by atoms with van der Waals surface area (Å²) < 4.78 is 13.2. The van der Waals surface area contributed by atoms with Crippen LogP contribution in [0.2, 0.25) is 0 Å². The molecular weight excluding hydrogens is 319 g/mol. The zero-order valence-electron chi connectivity index (χ0n) is 14.5. The molecule has 0 bridgehead atoms. The van der Waals surface area contributed by atoms with E-state index in [0.29, 0.717) is 18.5 Å². The minimum atomic E-state index is -0.566. The van der Waals surface area contributed by atoms with Crippen molar-refractivity contribution in [3.05, 3.63) is 71.0 Å². The Morgan fingerprint density at radius 1 is 1.24 bits per heavy atom. The van der Waals surface area contributed by atoms with Gasteiger partial charge in [-0.2, -0.15) is 0 Å². The molecule has 2 aromatic rings. The van der Waals surface area contributed by atoms with Gasteiger partial charge in [0.25, 0.3) is 5.91 Å². The van der Waals surface area contributed by atoms with Gasteiger partial charge in [0, 0.05) is 18.7 Å². The van der Waals surface area contributed by atoms with E-state index in [1.54, 1.807) is 23.1 Å². The van der Waals surface area contributed by atoms with E-state index in [4.69, 9.17) is 0 Å². The Morgan fingerprint density at radius 3 is 2.64 bits per heavy atom. The van der Waals surface area contributed by atoms with E-state index in [0.717, 1.165) is 17.7 Å². The number of hydrogen-bond acceptors (Lipinski definition) is 3. The summed E-state index contributed by atoms with van der Waals surface area (Å²) >= 11 is 0. The fraction of sp³-hybridized carbons (Fsp3) is 0.350. The summed E-state index contributed by atoms with van der Waals surface area (Å²) in [4.78, 5) is 16.7. The van der Waals surface area contributed by atoms with Gasteiger partial charge in [-0.05, 0) is 55.9 Å². The Hall–Kier alpha value is -2.24. The normalized spacial score (nSPS) is 20.3. The Balaban J connectivity index is 1.85. The second-order valence-electron chi connectivity index (χ2n) is 6.85. The standard InChI is InChI=1S/C20H23FN2O2/c1-22(2)12-14-4-3-5-16(10-14)20(25)23-13-18(24)11-19(23)15-6-8-17(21)9-7-15/h3-10,18-19,24H,11-13H2,1-2H3. The maximum Gasteiger partial charge on any atom is 0.254 e. The number of β-amino-alcohol motifs (C(OH)–C–C–N with tert-alkyl or cyclic N) is 1. The molecular formula is C20H23FN2O2. The fourth-order valence-electron chi connectivity index (χ4n) is 3.37. The first-order valence-corrected chi connectivity index (χ1v) is 8.42. The molecule has 2 aromatic carbocycles. The van der Waals surface area contributed by atoms with Crippen LogP contribution in [0.5, 0.6) is 0 Å². The summed E-state index contributed by atoms with van der Waals surface area (Å²) in [5, 5.41) is 10.1. The highest BCUT2D eigenvalue weighted by atomic mass is 19.1. The summed E-state index contributed by atoms with van der Waals surface area (Å²) in [5.41, 5.74) is 2.52. The van der Waals surface area contributed by atoms with Crippen molar-refractivity contribution < 1.29 is 14.3 Å². The van der Waals surface area contributed by atoms with Crippen LogP contribution in [0.25, 0.3) is 0 Å². The molecule has 3 rings (SSSR count). The number of rotatable bonds is 4. The van der Waals surface area contributed by atoms with E-state index in [1.165, 1.54) is 12.1 Å². The van der Waals surface area contributed by atoms with Gasteiger partial charge in [-0.1, -0.05) is 24.3 Å². The van der Waals surface area contributed by atoms with E-state index in [-0.39, 0.29) is 17.8 Å². The molecule has 0 radical (unpaired) electrons. The lowest BCUT2D eigenvalue weighted by atomic mass is 10.0. The Kier molecular flexibility index (Phi) is 5.16. The van der Waals surface area contributed by atoms with Crippen molar-refractivity contribution >= 4 is 5.91 Å². The van der Waals surface area contributed by atoms with Gasteiger partial charge in [-0.25, -0.2) is 4.39 Å². The van der Waals surface area contributed by atoms with Crippen LogP contribution in [-0.4, -0.2) is 47.6 Å². The molecule has 0 spiro atoms. The molecule has 1 aliphatic rings. The largest absolute Gasteiger partial charge is 0.391 e. The Bertz CT molecular complexity index is 746.